The molecule has 1 amide bonds. The molecule has 0 saturated carbocycles. The molecule has 0 spiro atoms. The van der Waals surface area contributed by atoms with E-state index in [0.717, 1.165) is 23.3 Å². The number of anilines is 2. The highest BCUT2D eigenvalue weighted by Crippen LogP contribution is 2.19. The quantitative estimate of drug-likeness (QED) is 0.708. The summed E-state index contributed by atoms with van der Waals surface area (Å²) in [5.74, 6) is -2.30. The number of para-hydroxylation sites is 1. The Bertz CT molecular complexity index is 924. The zero-order valence-electron chi connectivity index (χ0n) is 14.1. The van der Waals surface area contributed by atoms with Gasteiger partial charge in [-0.1, -0.05) is 35.9 Å². The lowest BCUT2D eigenvalue weighted by molar-refractivity contribution is 0.102. The molecule has 26 heavy (non-hydrogen) atoms. The van der Waals surface area contributed by atoms with E-state index in [4.69, 9.17) is 0 Å². The first-order valence-corrected chi connectivity index (χ1v) is 8.03. The highest BCUT2D eigenvalue weighted by Gasteiger charge is 2.14. The number of carbonyl (C=O) groups is 1. The van der Waals surface area contributed by atoms with Gasteiger partial charge in [0.05, 0.1) is 11.3 Å². The van der Waals surface area contributed by atoms with Crippen molar-refractivity contribution in [2.45, 2.75) is 13.5 Å². The van der Waals surface area contributed by atoms with Crippen molar-refractivity contribution >= 4 is 17.3 Å². The van der Waals surface area contributed by atoms with Crippen molar-refractivity contribution in [3.05, 3.63) is 89.2 Å². The summed E-state index contributed by atoms with van der Waals surface area (Å²) in [6.45, 7) is 2.58. The van der Waals surface area contributed by atoms with E-state index in [1.807, 2.05) is 25.1 Å². The standard InChI is InChI=1S/C20H17F2N3O/c1-13-4-2-5-14(8-13)10-24-16-9-15(11-23-12-16)20(26)25-19-17(21)6-3-7-18(19)22/h2-9,11-12,24H,10H2,1H3,(H,25,26). The first-order valence-electron chi connectivity index (χ1n) is 8.03. The predicted molar refractivity (Wildman–Crippen MR) is 97.1 cm³/mol. The summed E-state index contributed by atoms with van der Waals surface area (Å²) >= 11 is 0. The average molecular weight is 353 g/mol. The Hall–Kier alpha value is -3.28. The predicted octanol–water partition coefficient (Wildman–Crippen LogP) is 4.53. The van der Waals surface area contributed by atoms with Crippen LogP contribution >= 0.6 is 0 Å². The van der Waals surface area contributed by atoms with Crippen molar-refractivity contribution in [1.82, 2.24) is 4.98 Å². The third-order valence-electron chi connectivity index (χ3n) is 3.78. The van der Waals surface area contributed by atoms with Gasteiger partial charge in [0.1, 0.15) is 17.3 Å². The maximum atomic E-state index is 13.7. The van der Waals surface area contributed by atoms with Crippen LogP contribution in [0, 0.1) is 18.6 Å². The second-order valence-electron chi connectivity index (χ2n) is 5.86. The molecule has 0 aliphatic heterocycles. The van der Waals surface area contributed by atoms with E-state index < -0.39 is 23.2 Å². The summed E-state index contributed by atoms with van der Waals surface area (Å²) < 4.78 is 27.3. The van der Waals surface area contributed by atoms with Crippen molar-refractivity contribution in [3.8, 4) is 0 Å². The highest BCUT2D eigenvalue weighted by atomic mass is 19.1. The third-order valence-corrected chi connectivity index (χ3v) is 3.78. The van der Waals surface area contributed by atoms with Gasteiger partial charge in [0.2, 0.25) is 0 Å². The lowest BCUT2D eigenvalue weighted by Crippen LogP contribution is -2.15. The van der Waals surface area contributed by atoms with Gasteiger partial charge in [0, 0.05) is 18.9 Å². The summed E-state index contributed by atoms with van der Waals surface area (Å²) in [4.78, 5) is 16.3. The van der Waals surface area contributed by atoms with Crippen molar-refractivity contribution in [2.24, 2.45) is 0 Å². The van der Waals surface area contributed by atoms with E-state index in [-0.39, 0.29) is 5.56 Å². The number of nitrogens with zero attached hydrogens (tertiary/aromatic N) is 1. The smallest absolute Gasteiger partial charge is 0.257 e. The first kappa shape index (κ1) is 17.5. The second kappa shape index (κ2) is 7.74. The number of aryl methyl sites for hydroxylation is 1. The lowest BCUT2D eigenvalue weighted by Gasteiger charge is -2.10. The van der Waals surface area contributed by atoms with Crippen molar-refractivity contribution in [3.63, 3.8) is 0 Å². The van der Waals surface area contributed by atoms with Crippen LogP contribution in [-0.4, -0.2) is 10.9 Å². The van der Waals surface area contributed by atoms with Gasteiger partial charge in [0.25, 0.3) is 5.91 Å². The summed E-state index contributed by atoms with van der Waals surface area (Å²) in [6.07, 6.45) is 2.92. The van der Waals surface area contributed by atoms with Crippen LogP contribution in [-0.2, 0) is 6.54 Å². The fourth-order valence-corrected chi connectivity index (χ4v) is 2.49. The number of pyridine rings is 1. The molecule has 132 valence electrons. The number of carbonyl (C=O) groups excluding carboxylic acids is 1. The van der Waals surface area contributed by atoms with Crippen LogP contribution in [0.2, 0.25) is 0 Å². The van der Waals surface area contributed by atoms with Gasteiger partial charge < -0.3 is 10.6 Å². The molecule has 0 radical (unpaired) electrons. The Morgan fingerprint density at radius 1 is 1.04 bits per heavy atom. The Morgan fingerprint density at radius 3 is 2.50 bits per heavy atom. The van der Waals surface area contributed by atoms with Crippen molar-refractivity contribution < 1.29 is 13.6 Å². The van der Waals surface area contributed by atoms with Crippen molar-refractivity contribution in [2.75, 3.05) is 10.6 Å². The summed E-state index contributed by atoms with van der Waals surface area (Å²) in [5, 5.41) is 5.43. The number of halogens is 2. The van der Waals surface area contributed by atoms with Crippen LogP contribution in [0.5, 0.6) is 0 Å². The van der Waals surface area contributed by atoms with E-state index in [1.165, 1.54) is 12.3 Å². The van der Waals surface area contributed by atoms with Gasteiger partial charge in [-0.25, -0.2) is 8.78 Å². The molecule has 2 N–H and O–H groups in total. The van der Waals surface area contributed by atoms with Crippen LogP contribution in [0.25, 0.3) is 0 Å². The molecule has 1 aromatic heterocycles. The number of nitrogens with one attached hydrogen (secondary N) is 2. The maximum Gasteiger partial charge on any atom is 0.257 e. The van der Waals surface area contributed by atoms with Gasteiger partial charge in [-0.15, -0.1) is 0 Å². The monoisotopic (exact) mass is 353 g/mol. The number of rotatable bonds is 5. The molecule has 0 unspecified atom stereocenters. The fourth-order valence-electron chi connectivity index (χ4n) is 2.49. The number of benzene rings is 2. The van der Waals surface area contributed by atoms with Crippen molar-refractivity contribution in [1.29, 1.82) is 0 Å². The fraction of sp³-hybridized carbons (Fsp3) is 0.100. The van der Waals surface area contributed by atoms with Gasteiger partial charge in [-0.3, -0.25) is 9.78 Å². The minimum absolute atomic E-state index is 0.196. The maximum absolute atomic E-state index is 13.7. The topological polar surface area (TPSA) is 54.0 Å². The Kier molecular flexibility index (Phi) is 5.22. The second-order valence-corrected chi connectivity index (χ2v) is 5.86. The van der Waals surface area contributed by atoms with Gasteiger partial charge >= 0.3 is 0 Å². The normalized spacial score (nSPS) is 10.4. The molecule has 0 atom stereocenters. The molecule has 0 aliphatic carbocycles. The van der Waals surface area contributed by atoms with Crippen LogP contribution in [0.15, 0.2) is 60.9 Å². The molecule has 2 aromatic carbocycles. The largest absolute Gasteiger partial charge is 0.380 e. The summed E-state index contributed by atoms with van der Waals surface area (Å²) in [6, 6.07) is 13.0. The molecular formula is C20H17F2N3O. The molecular weight excluding hydrogens is 336 g/mol. The zero-order chi connectivity index (χ0) is 18.5. The van der Waals surface area contributed by atoms with E-state index in [1.54, 1.807) is 12.3 Å². The minimum Gasteiger partial charge on any atom is -0.380 e. The van der Waals surface area contributed by atoms with E-state index in [2.05, 4.69) is 21.7 Å². The molecule has 0 fully saturated rings. The number of amides is 1. The summed E-state index contributed by atoms with van der Waals surface area (Å²) in [7, 11) is 0. The average Bonchev–Trinajstić information content (AvgIpc) is 2.63. The van der Waals surface area contributed by atoms with Crippen LogP contribution in [0.4, 0.5) is 20.2 Å². The van der Waals surface area contributed by atoms with Crippen LogP contribution in [0.3, 0.4) is 0 Å². The summed E-state index contributed by atoms with van der Waals surface area (Å²) in [5.41, 5.74) is 2.60. The van der Waals surface area contributed by atoms with E-state index in [9.17, 15) is 13.6 Å². The number of hydrogen-bond acceptors (Lipinski definition) is 3. The van der Waals surface area contributed by atoms with E-state index in [0.29, 0.717) is 12.2 Å². The number of aromatic nitrogens is 1. The SMILES string of the molecule is Cc1cccc(CNc2cncc(C(=O)Nc3c(F)cccc3F)c2)c1. The molecule has 4 nitrogen and oxygen atoms in total. The van der Waals surface area contributed by atoms with Crippen LogP contribution < -0.4 is 10.6 Å². The Labute approximate surface area is 149 Å². The minimum atomic E-state index is -0.833. The first-order chi connectivity index (χ1) is 12.5. The zero-order valence-corrected chi connectivity index (χ0v) is 14.1. The van der Waals surface area contributed by atoms with Crippen LogP contribution in [0.1, 0.15) is 21.5 Å². The Balaban J connectivity index is 1.71. The molecule has 0 saturated heterocycles. The molecule has 3 rings (SSSR count). The third kappa shape index (κ3) is 4.22. The lowest BCUT2D eigenvalue weighted by atomic mass is 10.1. The molecule has 0 aliphatic rings. The Morgan fingerprint density at radius 2 is 1.77 bits per heavy atom. The molecule has 6 heteroatoms. The molecule has 3 aromatic rings. The molecule has 0 bridgehead atoms. The highest BCUT2D eigenvalue weighted by molar-refractivity contribution is 6.04. The molecule has 1 heterocycles. The van der Waals surface area contributed by atoms with Gasteiger partial charge in [0.15, 0.2) is 0 Å². The van der Waals surface area contributed by atoms with E-state index >= 15 is 0 Å². The number of hydrogen-bond donors (Lipinski definition) is 2. The van der Waals surface area contributed by atoms with Gasteiger partial charge in [-0.05, 0) is 30.7 Å². The van der Waals surface area contributed by atoms with Gasteiger partial charge in [-0.2, -0.15) is 0 Å².